The SMILES string of the molecule is CC(CN)CN1CCCC(C)(C)CC1. The van der Waals surface area contributed by atoms with Crippen LogP contribution in [0.25, 0.3) is 0 Å². The second-order valence-electron chi connectivity index (χ2n) is 5.66. The lowest BCUT2D eigenvalue weighted by Crippen LogP contribution is -2.32. The van der Waals surface area contributed by atoms with Crippen LogP contribution in [0.15, 0.2) is 0 Å². The van der Waals surface area contributed by atoms with Gasteiger partial charge in [-0.3, -0.25) is 0 Å². The molecule has 1 aliphatic heterocycles. The molecule has 84 valence electrons. The average Bonchev–Trinajstić information content (AvgIpc) is 2.28. The highest BCUT2D eigenvalue weighted by atomic mass is 15.1. The average molecular weight is 198 g/mol. The summed E-state index contributed by atoms with van der Waals surface area (Å²) in [6.45, 7) is 11.6. The maximum Gasteiger partial charge on any atom is 0.00191 e. The van der Waals surface area contributed by atoms with Crippen molar-refractivity contribution in [2.45, 2.75) is 40.0 Å². The summed E-state index contributed by atoms with van der Waals surface area (Å²) in [6.07, 6.45) is 4.06. The van der Waals surface area contributed by atoms with Crippen molar-refractivity contribution in [3.63, 3.8) is 0 Å². The van der Waals surface area contributed by atoms with Crippen LogP contribution in [0.5, 0.6) is 0 Å². The second kappa shape index (κ2) is 5.13. The molecular weight excluding hydrogens is 172 g/mol. The van der Waals surface area contributed by atoms with E-state index in [0.717, 1.165) is 6.54 Å². The third kappa shape index (κ3) is 3.97. The van der Waals surface area contributed by atoms with E-state index in [2.05, 4.69) is 25.7 Å². The van der Waals surface area contributed by atoms with E-state index < -0.39 is 0 Å². The molecule has 0 amide bonds. The smallest absolute Gasteiger partial charge is 0.00191 e. The summed E-state index contributed by atoms with van der Waals surface area (Å²) in [5.41, 5.74) is 6.21. The van der Waals surface area contributed by atoms with Crippen molar-refractivity contribution < 1.29 is 0 Å². The first-order valence-electron chi connectivity index (χ1n) is 5.96. The maximum absolute atomic E-state index is 5.65. The molecule has 14 heavy (non-hydrogen) atoms. The van der Waals surface area contributed by atoms with Gasteiger partial charge in [-0.2, -0.15) is 0 Å². The molecular formula is C12H26N2. The Kier molecular flexibility index (Phi) is 4.39. The third-order valence-electron chi connectivity index (χ3n) is 3.40. The van der Waals surface area contributed by atoms with Gasteiger partial charge < -0.3 is 10.6 Å². The van der Waals surface area contributed by atoms with Gasteiger partial charge in [-0.1, -0.05) is 20.8 Å². The zero-order chi connectivity index (χ0) is 10.6. The minimum atomic E-state index is 0.556. The van der Waals surface area contributed by atoms with Gasteiger partial charge in [0.2, 0.25) is 0 Å². The standard InChI is InChI=1S/C12H26N2/c1-11(9-13)10-14-7-4-5-12(2,3)6-8-14/h11H,4-10,13H2,1-3H3. The molecule has 0 aromatic heterocycles. The van der Waals surface area contributed by atoms with Gasteiger partial charge in [0.15, 0.2) is 0 Å². The molecule has 1 fully saturated rings. The monoisotopic (exact) mass is 198 g/mol. The van der Waals surface area contributed by atoms with Gasteiger partial charge in [0.25, 0.3) is 0 Å². The van der Waals surface area contributed by atoms with Crippen LogP contribution in [0.2, 0.25) is 0 Å². The Hall–Kier alpha value is -0.0800. The summed E-state index contributed by atoms with van der Waals surface area (Å²) in [4.78, 5) is 2.59. The van der Waals surface area contributed by atoms with E-state index in [-0.39, 0.29) is 0 Å². The van der Waals surface area contributed by atoms with Crippen LogP contribution in [0.4, 0.5) is 0 Å². The molecule has 0 aromatic carbocycles. The zero-order valence-corrected chi connectivity index (χ0v) is 10.1. The summed E-state index contributed by atoms with van der Waals surface area (Å²) < 4.78 is 0. The Labute approximate surface area is 88.8 Å². The van der Waals surface area contributed by atoms with Gasteiger partial charge in [-0.25, -0.2) is 0 Å². The first-order chi connectivity index (χ1) is 6.53. The predicted molar refractivity (Wildman–Crippen MR) is 62.3 cm³/mol. The Morgan fingerprint density at radius 2 is 2.00 bits per heavy atom. The van der Waals surface area contributed by atoms with E-state index >= 15 is 0 Å². The second-order valence-corrected chi connectivity index (χ2v) is 5.66. The van der Waals surface area contributed by atoms with E-state index in [4.69, 9.17) is 5.73 Å². The van der Waals surface area contributed by atoms with Gasteiger partial charge >= 0.3 is 0 Å². The van der Waals surface area contributed by atoms with Gasteiger partial charge in [-0.05, 0) is 50.2 Å². The summed E-state index contributed by atoms with van der Waals surface area (Å²) in [7, 11) is 0. The van der Waals surface area contributed by atoms with Crippen LogP contribution in [-0.2, 0) is 0 Å². The van der Waals surface area contributed by atoms with E-state index in [1.54, 1.807) is 0 Å². The molecule has 1 unspecified atom stereocenters. The largest absolute Gasteiger partial charge is 0.330 e. The molecule has 2 N–H and O–H groups in total. The van der Waals surface area contributed by atoms with E-state index in [1.165, 1.54) is 38.9 Å². The van der Waals surface area contributed by atoms with Crippen molar-refractivity contribution in [3.05, 3.63) is 0 Å². The van der Waals surface area contributed by atoms with Crippen molar-refractivity contribution in [2.75, 3.05) is 26.2 Å². The van der Waals surface area contributed by atoms with Crippen molar-refractivity contribution in [2.24, 2.45) is 17.1 Å². The molecule has 1 heterocycles. The number of nitrogens with two attached hydrogens (primary N) is 1. The highest BCUT2D eigenvalue weighted by molar-refractivity contribution is 4.76. The molecule has 1 rings (SSSR count). The lowest BCUT2D eigenvalue weighted by molar-refractivity contribution is 0.235. The summed E-state index contributed by atoms with van der Waals surface area (Å²) in [5, 5.41) is 0. The fourth-order valence-corrected chi connectivity index (χ4v) is 2.18. The summed E-state index contributed by atoms with van der Waals surface area (Å²) >= 11 is 0. The highest BCUT2D eigenvalue weighted by Crippen LogP contribution is 2.29. The highest BCUT2D eigenvalue weighted by Gasteiger charge is 2.23. The first-order valence-corrected chi connectivity index (χ1v) is 5.96. The normalized spacial score (nSPS) is 25.7. The number of nitrogens with zero attached hydrogens (tertiary/aromatic N) is 1. The Balaban J connectivity index is 2.35. The summed E-state index contributed by atoms with van der Waals surface area (Å²) in [6, 6.07) is 0. The van der Waals surface area contributed by atoms with Crippen molar-refractivity contribution in [1.82, 2.24) is 4.90 Å². The minimum Gasteiger partial charge on any atom is -0.330 e. The topological polar surface area (TPSA) is 29.3 Å². The van der Waals surface area contributed by atoms with Crippen molar-refractivity contribution in [3.8, 4) is 0 Å². The molecule has 0 bridgehead atoms. The molecule has 2 nitrogen and oxygen atoms in total. The molecule has 1 aliphatic rings. The quantitative estimate of drug-likeness (QED) is 0.752. The Morgan fingerprint density at radius 1 is 1.29 bits per heavy atom. The predicted octanol–water partition coefficient (Wildman–Crippen LogP) is 2.09. The lowest BCUT2D eigenvalue weighted by atomic mass is 9.85. The fourth-order valence-electron chi connectivity index (χ4n) is 2.18. The van der Waals surface area contributed by atoms with Gasteiger partial charge in [-0.15, -0.1) is 0 Å². The molecule has 0 aromatic rings. The molecule has 0 saturated carbocycles. The molecule has 0 radical (unpaired) electrons. The number of rotatable bonds is 3. The van der Waals surface area contributed by atoms with Crippen LogP contribution >= 0.6 is 0 Å². The fraction of sp³-hybridized carbons (Fsp3) is 1.00. The van der Waals surface area contributed by atoms with E-state index in [9.17, 15) is 0 Å². The molecule has 2 heteroatoms. The Morgan fingerprint density at radius 3 is 2.64 bits per heavy atom. The van der Waals surface area contributed by atoms with E-state index in [1.807, 2.05) is 0 Å². The van der Waals surface area contributed by atoms with Crippen LogP contribution < -0.4 is 5.73 Å². The number of likely N-dealkylation sites (tertiary alicyclic amines) is 1. The molecule has 1 atom stereocenters. The molecule has 0 spiro atoms. The summed E-state index contributed by atoms with van der Waals surface area (Å²) in [5.74, 6) is 0.649. The first kappa shape index (κ1) is 12.0. The van der Waals surface area contributed by atoms with Crippen LogP contribution in [0, 0.1) is 11.3 Å². The van der Waals surface area contributed by atoms with E-state index in [0.29, 0.717) is 11.3 Å². The van der Waals surface area contributed by atoms with Crippen LogP contribution in [-0.4, -0.2) is 31.1 Å². The number of hydrogen-bond donors (Lipinski definition) is 1. The third-order valence-corrected chi connectivity index (χ3v) is 3.40. The van der Waals surface area contributed by atoms with Crippen molar-refractivity contribution >= 4 is 0 Å². The molecule has 1 saturated heterocycles. The van der Waals surface area contributed by atoms with Gasteiger partial charge in [0.1, 0.15) is 0 Å². The number of hydrogen-bond acceptors (Lipinski definition) is 2. The maximum atomic E-state index is 5.65. The van der Waals surface area contributed by atoms with Gasteiger partial charge in [0, 0.05) is 6.54 Å². The van der Waals surface area contributed by atoms with Gasteiger partial charge in [0.05, 0.1) is 0 Å². The zero-order valence-electron chi connectivity index (χ0n) is 10.1. The van der Waals surface area contributed by atoms with Crippen LogP contribution in [0.1, 0.15) is 40.0 Å². The molecule has 0 aliphatic carbocycles. The minimum absolute atomic E-state index is 0.556. The van der Waals surface area contributed by atoms with Crippen molar-refractivity contribution in [1.29, 1.82) is 0 Å². The lowest BCUT2D eigenvalue weighted by Gasteiger charge is -2.25. The van der Waals surface area contributed by atoms with Crippen LogP contribution in [0.3, 0.4) is 0 Å². The Bertz CT molecular complexity index is 166.